The third kappa shape index (κ3) is 4.60. The molecule has 0 fully saturated rings. The average Bonchev–Trinajstić information content (AvgIpc) is 3.08. The molecule has 0 spiro atoms. The lowest BCUT2D eigenvalue weighted by atomic mass is 9.99. The molecule has 0 radical (unpaired) electrons. The standard InChI is InChI=1S/C23H26FNS/c1-15-5-6-20(16(2)13-15)14-17(3)25-18(4)22-11-12-23(26-22)19-7-9-21(24)10-8-19/h5-13,17-18,25H,14H2,1-4H3. The zero-order valence-corrected chi connectivity index (χ0v) is 16.7. The Labute approximate surface area is 159 Å². The molecule has 0 aliphatic carbocycles. The Morgan fingerprint density at radius 2 is 1.69 bits per heavy atom. The van der Waals surface area contributed by atoms with Crippen molar-refractivity contribution in [3.05, 3.63) is 82.0 Å². The van der Waals surface area contributed by atoms with Gasteiger partial charge in [0.15, 0.2) is 0 Å². The lowest BCUT2D eigenvalue weighted by Gasteiger charge is -2.20. The summed E-state index contributed by atoms with van der Waals surface area (Å²) in [6, 6.07) is 18.4. The first-order valence-corrected chi connectivity index (χ1v) is 9.92. The molecule has 1 N–H and O–H groups in total. The fraction of sp³-hybridized carbons (Fsp3) is 0.304. The first kappa shape index (κ1) is 18.8. The van der Waals surface area contributed by atoms with Gasteiger partial charge in [0.2, 0.25) is 0 Å². The summed E-state index contributed by atoms with van der Waals surface area (Å²) < 4.78 is 13.1. The van der Waals surface area contributed by atoms with Crippen LogP contribution in [0.4, 0.5) is 4.39 Å². The topological polar surface area (TPSA) is 12.0 Å². The van der Waals surface area contributed by atoms with Gasteiger partial charge in [-0.1, -0.05) is 35.9 Å². The molecule has 1 nitrogen and oxygen atoms in total. The maximum Gasteiger partial charge on any atom is 0.123 e. The minimum absolute atomic E-state index is 0.194. The summed E-state index contributed by atoms with van der Waals surface area (Å²) in [5.41, 5.74) is 5.15. The van der Waals surface area contributed by atoms with Gasteiger partial charge in [-0.2, -0.15) is 0 Å². The maximum atomic E-state index is 13.1. The number of thiophene rings is 1. The molecule has 3 aromatic rings. The summed E-state index contributed by atoms with van der Waals surface area (Å²) in [5, 5.41) is 3.71. The van der Waals surface area contributed by atoms with Gasteiger partial charge in [-0.15, -0.1) is 11.3 Å². The van der Waals surface area contributed by atoms with Crippen LogP contribution in [0.15, 0.2) is 54.6 Å². The summed E-state index contributed by atoms with van der Waals surface area (Å²) in [6.45, 7) is 8.77. The van der Waals surface area contributed by atoms with Crippen molar-refractivity contribution in [3.63, 3.8) is 0 Å². The molecule has 2 aromatic carbocycles. The van der Waals surface area contributed by atoms with Gasteiger partial charge >= 0.3 is 0 Å². The highest BCUT2D eigenvalue weighted by Crippen LogP contribution is 2.31. The van der Waals surface area contributed by atoms with E-state index in [0.29, 0.717) is 6.04 Å². The normalized spacial score (nSPS) is 13.6. The summed E-state index contributed by atoms with van der Waals surface area (Å²) >= 11 is 1.77. The zero-order valence-electron chi connectivity index (χ0n) is 15.8. The van der Waals surface area contributed by atoms with Crippen LogP contribution in [0.1, 0.15) is 41.5 Å². The van der Waals surface area contributed by atoms with Gasteiger partial charge in [0.25, 0.3) is 0 Å². The fourth-order valence-corrected chi connectivity index (χ4v) is 4.35. The number of halogens is 1. The van der Waals surface area contributed by atoms with E-state index in [9.17, 15) is 4.39 Å². The van der Waals surface area contributed by atoms with Crippen LogP contribution in [-0.4, -0.2) is 6.04 Å². The molecule has 0 aliphatic rings. The Hall–Kier alpha value is -1.97. The highest BCUT2D eigenvalue weighted by atomic mass is 32.1. The molecular weight excluding hydrogens is 341 g/mol. The number of benzene rings is 2. The first-order valence-electron chi connectivity index (χ1n) is 9.10. The van der Waals surface area contributed by atoms with Gasteiger partial charge in [0.1, 0.15) is 5.82 Å². The molecule has 3 heteroatoms. The fourth-order valence-electron chi connectivity index (χ4n) is 3.33. The van der Waals surface area contributed by atoms with Crippen LogP contribution in [-0.2, 0) is 6.42 Å². The van der Waals surface area contributed by atoms with Crippen LogP contribution in [0, 0.1) is 19.7 Å². The molecule has 0 saturated carbocycles. The van der Waals surface area contributed by atoms with Crippen LogP contribution in [0.5, 0.6) is 0 Å². The molecule has 3 rings (SSSR count). The highest BCUT2D eigenvalue weighted by molar-refractivity contribution is 7.15. The van der Waals surface area contributed by atoms with Crippen molar-refractivity contribution in [1.29, 1.82) is 0 Å². The van der Waals surface area contributed by atoms with E-state index in [-0.39, 0.29) is 11.9 Å². The van der Waals surface area contributed by atoms with Crippen molar-refractivity contribution >= 4 is 11.3 Å². The molecule has 136 valence electrons. The smallest absolute Gasteiger partial charge is 0.123 e. The van der Waals surface area contributed by atoms with Crippen molar-refractivity contribution in [3.8, 4) is 10.4 Å². The first-order chi connectivity index (χ1) is 12.4. The Balaban J connectivity index is 1.64. The van der Waals surface area contributed by atoms with E-state index in [2.05, 4.69) is 63.3 Å². The average molecular weight is 368 g/mol. The van der Waals surface area contributed by atoms with E-state index in [1.165, 1.54) is 38.6 Å². The Bertz CT molecular complexity index is 866. The molecule has 0 amide bonds. The summed E-state index contributed by atoms with van der Waals surface area (Å²) in [6.07, 6.45) is 1.02. The largest absolute Gasteiger partial charge is 0.307 e. The number of nitrogens with one attached hydrogen (secondary N) is 1. The summed E-state index contributed by atoms with van der Waals surface area (Å²) in [7, 11) is 0. The molecule has 1 heterocycles. The van der Waals surface area contributed by atoms with E-state index in [0.717, 1.165) is 12.0 Å². The van der Waals surface area contributed by atoms with E-state index >= 15 is 0 Å². The van der Waals surface area contributed by atoms with Crippen molar-refractivity contribution in [1.82, 2.24) is 5.32 Å². The molecular formula is C23H26FNS. The van der Waals surface area contributed by atoms with Gasteiger partial charge in [-0.3, -0.25) is 0 Å². The second kappa shape index (κ2) is 8.15. The summed E-state index contributed by atoms with van der Waals surface area (Å²) in [5.74, 6) is -0.194. The number of hydrogen-bond acceptors (Lipinski definition) is 2. The molecule has 0 saturated heterocycles. The third-order valence-electron chi connectivity index (χ3n) is 4.74. The van der Waals surface area contributed by atoms with Crippen LogP contribution in [0.3, 0.4) is 0 Å². The highest BCUT2D eigenvalue weighted by Gasteiger charge is 2.14. The van der Waals surface area contributed by atoms with Gasteiger partial charge in [-0.05, 0) is 75.1 Å². The second-order valence-corrected chi connectivity index (χ2v) is 8.25. The van der Waals surface area contributed by atoms with Gasteiger partial charge in [-0.25, -0.2) is 4.39 Å². The van der Waals surface area contributed by atoms with E-state index in [4.69, 9.17) is 0 Å². The third-order valence-corrected chi connectivity index (χ3v) is 6.06. The predicted molar refractivity (Wildman–Crippen MR) is 110 cm³/mol. The van der Waals surface area contributed by atoms with Crippen molar-refractivity contribution in [2.24, 2.45) is 0 Å². The molecule has 2 atom stereocenters. The Kier molecular flexibility index (Phi) is 5.90. The molecule has 2 unspecified atom stereocenters. The maximum absolute atomic E-state index is 13.1. The Morgan fingerprint density at radius 1 is 0.962 bits per heavy atom. The summed E-state index contributed by atoms with van der Waals surface area (Å²) in [4.78, 5) is 2.48. The Morgan fingerprint density at radius 3 is 2.38 bits per heavy atom. The van der Waals surface area contributed by atoms with Crippen molar-refractivity contribution in [2.75, 3.05) is 0 Å². The molecule has 1 aromatic heterocycles. The number of aryl methyl sites for hydroxylation is 2. The monoisotopic (exact) mass is 367 g/mol. The number of hydrogen-bond donors (Lipinski definition) is 1. The predicted octanol–water partition coefficient (Wildman–Crippen LogP) is 6.45. The van der Waals surface area contributed by atoms with Gasteiger partial charge < -0.3 is 5.32 Å². The van der Waals surface area contributed by atoms with Crippen molar-refractivity contribution < 1.29 is 4.39 Å². The van der Waals surface area contributed by atoms with Gasteiger partial charge in [0, 0.05) is 21.8 Å². The lowest BCUT2D eigenvalue weighted by molar-refractivity contribution is 0.481. The minimum Gasteiger partial charge on any atom is -0.307 e. The zero-order chi connectivity index (χ0) is 18.7. The SMILES string of the molecule is Cc1ccc(CC(C)NC(C)c2ccc(-c3ccc(F)cc3)s2)c(C)c1. The minimum atomic E-state index is -0.194. The number of rotatable bonds is 6. The van der Waals surface area contributed by atoms with E-state index in [1.54, 1.807) is 11.3 Å². The molecule has 0 aliphatic heterocycles. The lowest BCUT2D eigenvalue weighted by Crippen LogP contribution is -2.30. The molecule has 26 heavy (non-hydrogen) atoms. The van der Waals surface area contributed by atoms with Crippen LogP contribution >= 0.6 is 11.3 Å². The van der Waals surface area contributed by atoms with E-state index in [1.807, 2.05) is 12.1 Å². The molecule has 0 bridgehead atoms. The second-order valence-electron chi connectivity index (χ2n) is 7.13. The van der Waals surface area contributed by atoms with Crippen molar-refractivity contribution in [2.45, 2.75) is 46.2 Å². The van der Waals surface area contributed by atoms with Crippen LogP contribution in [0.25, 0.3) is 10.4 Å². The quantitative estimate of drug-likeness (QED) is 0.528. The van der Waals surface area contributed by atoms with Gasteiger partial charge in [0.05, 0.1) is 0 Å². The van der Waals surface area contributed by atoms with E-state index < -0.39 is 0 Å². The van der Waals surface area contributed by atoms with Crippen LogP contribution in [0.2, 0.25) is 0 Å². The van der Waals surface area contributed by atoms with Crippen LogP contribution < -0.4 is 5.32 Å².